The van der Waals surface area contributed by atoms with E-state index in [0.717, 1.165) is 32.7 Å². The normalized spacial score (nSPS) is 36.2. The molecule has 2 fully saturated rings. The number of ether oxygens (including phenoxy) is 1. The molecular formula is C12H22N2O2. The molecule has 0 aromatic heterocycles. The first-order valence-corrected chi connectivity index (χ1v) is 6.27. The van der Waals surface area contributed by atoms with Crippen LogP contribution in [0.25, 0.3) is 0 Å². The SMILES string of the molecule is CC1CNCC1C(=O)NC(C)C1CCOC1. The predicted molar refractivity (Wildman–Crippen MR) is 62.1 cm³/mol. The van der Waals surface area contributed by atoms with E-state index in [1.54, 1.807) is 0 Å². The highest BCUT2D eigenvalue weighted by Gasteiger charge is 2.32. The first-order valence-electron chi connectivity index (χ1n) is 6.27. The highest BCUT2D eigenvalue weighted by Crippen LogP contribution is 2.19. The lowest BCUT2D eigenvalue weighted by molar-refractivity contribution is -0.126. The fraction of sp³-hybridized carbons (Fsp3) is 0.917. The molecule has 2 N–H and O–H groups in total. The van der Waals surface area contributed by atoms with Crippen LogP contribution in [-0.4, -0.2) is 38.3 Å². The van der Waals surface area contributed by atoms with E-state index >= 15 is 0 Å². The summed E-state index contributed by atoms with van der Waals surface area (Å²) in [6, 6.07) is 0.239. The van der Waals surface area contributed by atoms with Gasteiger partial charge in [0.25, 0.3) is 0 Å². The Morgan fingerprint density at radius 2 is 2.31 bits per heavy atom. The third-order valence-corrected chi connectivity index (χ3v) is 3.90. The highest BCUT2D eigenvalue weighted by molar-refractivity contribution is 5.79. The largest absolute Gasteiger partial charge is 0.381 e. The van der Waals surface area contributed by atoms with E-state index in [9.17, 15) is 4.79 Å². The van der Waals surface area contributed by atoms with Crippen LogP contribution in [0, 0.1) is 17.8 Å². The Morgan fingerprint density at radius 3 is 2.88 bits per heavy atom. The first kappa shape index (κ1) is 11.9. The molecule has 0 aliphatic carbocycles. The number of amides is 1. The fourth-order valence-corrected chi connectivity index (χ4v) is 2.56. The molecule has 2 saturated heterocycles. The summed E-state index contributed by atoms with van der Waals surface area (Å²) in [5.74, 6) is 1.29. The Hall–Kier alpha value is -0.610. The number of carbonyl (C=O) groups is 1. The van der Waals surface area contributed by atoms with E-state index < -0.39 is 0 Å². The van der Waals surface area contributed by atoms with Gasteiger partial charge in [-0.25, -0.2) is 0 Å². The average molecular weight is 226 g/mol. The summed E-state index contributed by atoms with van der Waals surface area (Å²) in [5, 5.41) is 6.40. The van der Waals surface area contributed by atoms with Gasteiger partial charge in [0.2, 0.25) is 5.91 Å². The monoisotopic (exact) mass is 226 g/mol. The number of rotatable bonds is 3. The lowest BCUT2D eigenvalue weighted by atomic mass is 9.95. The Balaban J connectivity index is 1.81. The minimum atomic E-state index is 0.143. The zero-order valence-corrected chi connectivity index (χ0v) is 10.2. The van der Waals surface area contributed by atoms with E-state index in [4.69, 9.17) is 4.74 Å². The number of hydrogen-bond donors (Lipinski definition) is 2. The van der Waals surface area contributed by atoms with Gasteiger partial charge < -0.3 is 15.4 Å². The Bertz CT molecular complexity index is 251. The minimum absolute atomic E-state index is 0.143. The molecule has 2 rings (SSSR count). The quantitative estimate of drug-likeness (QED) is 0.731. The summed E-state index contributed by atoms with van der Waals surface area (Å²) in [6.07, 6.45) is 1.07. The summed E-state index contributed by atoms with van der Waals surface area (Å²) in [7, 11) is 0. The summed E-state index contributed by atoms with van der Waals surface area (Å²) >= 11 is 0. The number of hydrogen-bond acceptors (Lipinski definition) is 3. The van der Waals surface area contributed by atoms with Crippen LogP contribution >= 0.6 is 0 Å². The zero-order valence-electron chi connectivity index (χ0n) is 10.2. The molecule has 4 nitrogen and oxygen atoms in total. The van der Waals surface area contributed by atoms with E-state index in [-0.39, 0.29) is 17.9 Å². The lowest BCUT2D eigenvalue weighted by Crippen LogP contribution is -2.43. The number of nitrogens with one attached hydrogen (secondary N) is 2. The van der Waals surface area contributed by atoms with Gasteiger partial charge in [-0.2, -0.15) is 0 Å². The molecule has 4 heteroatoms. The maximum atomic E-state index is 12.0. The van der Waals surface area contributed by atoms with Crippen LogP contribution in [0.3, 0.4) is 0 Å². The third-order valence-electron chi connectivity index (χ3n) is 3.90. The van der Waals surface area contributed by atoms with Gasteiger partial charge in [-0.05, 0) is 25.8 Å². The molecule has 0 saturated carbocycles. The highest BCUT2D eigenvalue weighted by atomic mass is 16.5. The van der Waals surface area contributed by atoms with Crippen LogP contribution in [0.5, 0.6) is 0 Å². The second-order valence-corrected chi connectivity index (χ2v) is 5.16. The summed E-state index contributed by atoms with van der Waals surface area (Å²) in [6.45, 7) is 7.63. The molecule has 4 atom stereocenters. The van der Waals surface area contributed by atoms with Gasteiger partial charge in [0.15, 0.2) is 0 Å². The van der Waals surface area contributed by atoms with Crippen LogP contribution in [-0.2, 0) is 9.53 Å². The van der Waals surface area contributed by atoms with Gasteiger partial charge in [0.1, 0.15) is 0 Å². The van der Waals surface area contributed by atoms with Crippen LogP contribution < -0.4 is 10.6 Å². The zero-order chi connectivity index (χ0) is 11.5. The van der Waals surface area contributed by atoms with Gasteiger partial charge in [-0.15, -0.1) is 0 Å². The van der Waals surface area contributed by atoms with Crippen molar-refractivity contribution in [1.29, 1.82) is 0 Å². The molecule has 1 amide bonds. The molecule has 4 unspecified atom stereocenters. The van der Waals surface area contributed by atoms with Crippen molar-refractivity contribution in [2.45, 2.75) is 26.3 Å². The third kappa shape index (κ3) is 2.55. The van der Waals surface area contributed by atoms with E-state index in [1.807, 2.05) is 0 Å². The maximum Gasteiger partial charge on any atom is 0.224 e. The molecule has 0 radical (unpaired) electrons. The maximum absolute atomic E-state index is 12.0. The second kappa shape index (κ2) is 5.15. The van der Waals surface area contributed by atoms with Gasteiger partial charge in [0.05, 0.1) is 12.5 Å². The van der Waals surface area contributed by atoms with Crippen molar-refractivity contribution in [3.05, 3.63) is 0 Å². The average Bonchev–Trinajstić information content (AvgIpc) is 2.86. The molecule has 0 aromatic rings. The molecular weight excluding hydrogens is 204 g/mol. The topological polar surface area (TPSA) is 50.4 Å². The van der Waals surface area contributed by atoms with Crippen molar-refractivity contribution in [1.82, 2.24) is 10.6 Å². The van der Waals surface area contributed by atoms with Crippen molar-refractivity contribution in [3.63, 3.8) is 0 Å². The number of carbonyl (C=O) groups excluding carboxylic acids is 1. The van der Waals surface area contributed by atoms with Crippen LogP contribution in [0.4, 0.5) is 0 Å². The van der Waals surface area contributed by atoms with Crippen molar-refractivity contribution in [2.75, 3.05) is 26.3 Å². The van der Waals surface area contributed by atoms with E-state index in [2.05, 4.69) is 24.5 Å². The van der Waals surface area contributed by atoms with E-state index in [1.165, 1.54) is 0 Å². The minimum Gasteiger partial charge on any atom is -0.381 e. The van der Waals surface area contributed by atoms with Crippen LogP contribution in [0.2, 0.25) is 0 Å². The summed E-state index contributed by atoms with van der Waals surface area (Å²) in [4.78, 5) is 12.0. The first-order chi connectivity index (χ1) is 7.68. The Kier molecular flexibility index (Phi) is 3.82. The van der Waals surface area contributed by atoms with Gasteiger partial charge in [-0.1, -0.05) is 6.92 Å². The molecule has 0 aromatic carbocycles. The molecule has 2 heterocycles. The molecule has 0 spiro atoms. The Morgan fingerprint density at radius 1 is 1.50 bits per heavy atom. The van der Waals surface area contributed by atoms with Crippen molar-refractivity contribution >= 4 is 5.91 Å². The van der Waals surface area contributed by atoms with Gasteiger partial charge in [0, 0.05) is 25.1 Å². The van der Waals surface area contributed by atoms with Crippen molar-refractivity contribution < 1.29 is 9.53 Å². The molecule has 2 aliphatic heterocycles. The molecule has 2 aliphatic rings. The van der Waals surface area contributed by atoms with E-state index in [0.29, 0.717) is 11.8 Å². The van der Waals surface area contributed by atoms with Crippen molar-refractivity contribution in [2.24, 2.45) is 17.8 Å². The Labute approximate surface area is 97.1 Å². The predicted octanol–water partition coefficient (Wildman–Crippen LogP) is 0.383. The molecule has 16 heavy (non-hydrogen) atoms. The van der Waals surface area contributed by atoms with Crippen LogP contribution in [0.15, 0.2) is 0 Å². The second-order valence-electron chi connectivity index (χ2n) is 5.16. The molecule has 0 bridgehead atoms. The van der Waals surface area contributed by atoms with Crippen LogP contribution in [0.1, 0.15) is 20.3 Å². The fourth-order valence-electron chi connectivity index (χ4n) is 2.56. The van der Waals surface area contributed by atoms with Gasteiger partial charge in [-0.3, -0.25) is 4.79 Å². The smallest absolute Gasteiger partial charge is 0.224 e. The molecule has 92 valence electrons. The van der Waals surface area contributed by atoms with Gasteiger partial charge >= 0.3 is 0 Å². The summed E-state index contributed by atoms with van der Waals surface area (Å²) < 4.78 is 5.34. The lowest BCUT2D eigenvalue weighted by Gasteiger charge is -2.22. The van der Waals surface area contributed by atoms with Crippen molar-refractivity contribution in [3.8, 4) is 0 Å². The standard InChI is InChI=1S/C12H22N2O2/c1-8-5-13-6-11(8)12(15)14-9(2)10-3-4-16-7-10/h8-11,13H,3-7H2,1-2H3,(H,14,15). The summed E-state index contributed by atoms with van der Waals surface area (Å²) in [5.41, 5.74) is 0.